The summed E-state index contributed by atoms with van der Waals surface area (Å²) < 4.78 is 33.5. The molecule has 8 heteroatoms. The highest BCUT2D eigenvalue weighted by molar-refractivity contribution is 6.06. The molecule has 1 N–H and O–H groups in total. The van der Waals surface area contributed by atoms with Crippen molar-refractivity contribution in [2.45, 2.75) is 0 Å². The average Bonchev–Trinajstić information content (AvgIpc) is 3.29. The predicted octanol–water partition coefficient (Wildman–Crippen LogP) is 2.11. The second-order valence-electron chi connectivity index (χ2n) is 6.35. The number of ether oxygens (including phenoxy) is 6. The van der Waals surface area contributed by atoms with E-state index < -0.39 is 0 Å². The second-order valence-corrected chi connectivity index (χ2v) is 6.35. The Labute approximate surface area is 176 Å². The maximum atomic E-state index is 12.3. The van der Waals surface area contributed by atoms with Crippen molar-refractivity contribution in [1.82, 2.24) is 0 Å². The van der Waals surface area contributed by atoms with Gasteiger partial charge in [-0.05, 0) is 24.3 Å². The number of nitrogens with one attached hydrogen (secondary N) is 1. The van der Waals surface area contributed by atoms with Crippen LogP contribution in [0, 0.1) is 0 Å². The fourth-order valence-corrected chi connectivity index (χ4v) is 2.67. The number of hydrogen-bond donors (Lipinski definition) is 1. The maximum absolute atomic E-state index is 12.3. The molecule has 0 atom stereocenters. The summed E-state index contributed by atoms with van der Waals surface area (Å²) in [5, 5.41) is 2.84. The van der Waals surface area contributed by atoms with E-state index in [-0.39, 0.29) is 5.91 Å². The first-order valence-corrected chi connectivity index (χ1v) is 9.98. The quantitative estimate of drug-likeness (QED) is 0.738. The molecule has 0 saturated carbocycles. The number of fused-ring (bicyclic) bond motifs is 1. The molecule has 8 nitrogen and oxygen atoms in total. The lowest BCUT2D eigenvalue weighted by molar-refractivity contribution is -0.112. The van der Waals surface area contributed by atoms with Gasteiger partial charge in [-0.15, -0.1) is 5.73 Å². The van der Waals surface area contributed by atoms with Crippen LogP contribution >= 0.6 is 0 Å². The van der Waals surface area contributed by atoms with Gasteiger partial charge in [-0.1, -0.05) is 6.08 Å². The van der Waals surface area contributed by atoms with Crippen LogP contribution in [0.4, 0.5) is 5.69 Å². The lowest BCUT2D eigenvalue weighted by atomic mass is 10.2. The SMILES string of the molecule is O=C(Nc1ccc2c(c1)OCCOCCOCCOCCOCCO2)C1=C=CC=C1. The largest absolute Gasteiger partial charge is 0.487 e. The molecule has 1 amide bonds. The molecule has 3 rings (SSSR count). The van der Waals surface area contributed by atoms with Gasteiger partial charge in [-0.2, -0.15) is 0 Å². The van der Waals surface area contributed by atoms with E-state index in [9.17, 15) is 4.79 Å². The third kappa shape index (κ3) is 7.67. The Bertz CT molecular complexity index is 784. The monoisotopic (exact) mass is 417 g/mol. The molecule has 0 spiro atoms. The van der Waals surface area contributed by atoms with Crippen LogP contribution in [-0.2, 0) is 23.7 Å². The number of rotatable bonds is 2. The maximum Gasteiger partial charge on any atom is 0.263 e. The molecule has 0 radical (unpaired) electrons. The molecule has 1 aliphatic heterocycles. The summed E-state index contributed by atoms with van der Waals surface area (Å²) in [4.78, 5) is 12.3. The Hall–Kier alpha value is -2.61. The standard InChI is InChI=1S/C22H27NO7/c24-22(18-3-1-2-4-18)23-19-5-6-20-21(17-19)30-16-14-28-12-10-26-8-7-25-9-11-27-13-15-29-20/h1-3,5-6,17H,7-16H2,(H,23,24). The van der Waals surface area contributed by atoms with E-state index in [4.69, 9.17) is 28.4 Å². The van der Waals surface area contributed by atoms with E-state index in [0.29, 0.717) is 88.8 Å². The molecule has 162 valence electrons. The minimum absolute atomic E-state index is 0.236. The van der Waals surface area contributed by atoms with E-state index in [0.717, 1.165) is 0 Å². The molecule has 30 heavy (non-hydrogen) atoms. The molecule has 0 unspecified atom stereocenters. The lowest BCUT2D eigenvalue weighted by Gasteiger charge is -2.15. The van der Waals surface area contributed by atoms with Gasteiger partial charge in [0.1, 0.15) is 13.2 Å². The van der Waals surface area contributed by atoms with E-state index in [1.165, 1.54) is 0 Å². The molecule has 0 saturated heterocycles. The van der Waals surface area contributed by atoms with Crippen molar-refractivity contribution in [3.63, 3.8) is 0 Å². The Balaban J connectivity index is 1.60. The fourth-order valence-electron chi connectivity index (χ4n) is 2.67. The summed E-state index contributed by atoms with van der Waals surface area (Å²) in [6, 6.07) is 5.25. The van der Waals surface area contributed by atoms with Crippen LogP contribution in [0.5, 0.6) is 11.5 Å². The van der Waals surface area contributed by atoms with E-state index in [1.807, 2.05) is 0 Å². The van der Waals surface area contributed by atoms with Crippen molar-refractivity contribution in [3.8, 4) is 11.5 Å². The fraction of sp³-hybridized carbons (Fsp3) is 0.455. The highest BCUT2D eigenvalue weighted by Gasteiger charge is 2.12. The van der Waals surface area contributed by atoms with Gasteiger partial charge < -0.3 is 33.7 Å². The predicted molar refractivity (Wildman–Crippen MR) is 110 cm³/mol. The summed E-state index contributed by atoms with van der Waals surface area (Å²) in [6.07, 6.45) is 5.17. The topological polar surface area (TPSA) is 84.5 Å². The number of amides is 1. The Morgan fingerprint density at radius 2 is 1.33 bits per heavy atom. The molecule has 1 aromatic rings. The molecule has 1 aliphatic carbocycles. The van der Waals surface area contributed by atoms with E-state index >= 15 is 0 Å². The molecular weight excluding hydrogens is 390 g/mol. The van der Waals surface area contributed by atoms with Crippen LogP contribution in [-0.4, -0.2) is 72.0 Å². The van der Waals surface area contributed by atoms with Gasteiger partial charge in [0.2, 0.25) is 0 Å². The number of allylic oxidation sites excluding steroid dienone is 1. The van der Waals surface area contributed by atoms with Crippen LogP contribution in [0.25, 0.3) is 0 Å². The molecule has 0 fully saturated rings. The van der Waals surface area contributed by atoms with Crippen LogP contribution in [0.2, 0.25) is 0 Å². The Morgan fingerprint density at radius 1 is 0.767 bits per heavy atom. The third-order valence-electron chi connectivity index (χ3n) is 4.13. The first-order valence-electron chi connectivity index (χ1n) is 9.98. The van der Waals surface area contributed by atoms with Crippen molar-refractivity contribution in [2.24, 2.45) is 0 Å². The Morgan fingerprint density at radius 3 is 1.90 bits per heavy atom. The first-order chi connectivity index (χ1) is 14.8. The number of carbonyl (C=O) groups is 1. The number of anilines is 1. The summed E-state index contributed by atoms with van der Waals surface area (Å²) in [7, 11) is 0. The summed E-state index contributed by atoms with van der Waals surface area (Å²) in [6.45, 7) is 4.54. The number of carbonyl (C=O) groups excluding carboxylic acids is 1. The normalized spacial score (nSPS) is 18.9. The van der Waals surface area contributed by atoms with Crippen LogP contribution in [0.3, 0.4) is 0 Å². The lowest BCUT2D eigenvalue weighted by Crippen LogP contribution is -2.16. The zero-order chi connectivity index (χ0) is 20.9. The van der Waals surface area contributed by atoms with Gasteiger partial charge in [-0.3, -0.25) is 4.79 Å². The number of benzene rings is 1. The first kappa shape index (κ1) is 22.1. The molecule has 0 bridgehead atoms. The molecule has 0 aromatic heterocycles. The third-order valence-corrected chi connectivity index (χ3v) is 4.13. The summed E-state index contributed by atoms with van der Waals surface area (Å²) >= 11 is 0. The molecular formula is C22H27NO7. The molecule has 2 aliphatic rings. The number of hydrogen-bond acceptors (Lipinski definition) is 7. The highest BCUT2D eigenvalue weighted by Crippen LogP contribution is 2.31. The molecule has 1 aromatic carbocycles. The van der Waals surface area contributed by atoms with Crippen molar-refractivity contribution < 1.29 is 33.2 Å². The van der Waals surface area contributed by atoms with Gasteiger partial charge in [0, 0.05) is 11.8 Å². The smallest absolute Gasteiger partial charge is 0.263 e. The van der Waals surface area contributed by atoms with Crippen LogP contribution < -0.4 is 14.8 Å². The van der Waals surface area contributed by atoms with Crippen LogP contribution in [0.15, 0.2) is 47.7 Å². The minimum Gasteiger partial charge on any atom is -0.487 e. The Kier molecular flexibility index (Phi) is 9.46. The van der Waals surface area contributed by atoms with E-state index in [2.05, 4.69) is 11.0 Å². The van der Waals surface area contributed by atoms with Gasteiger partial charge in [0.25, 0.3) is 5.91 Å². The summed E-state index contributed by atoms with van der Waals surface area (Å²) in [5.74, 6) is 0.848. The highest BCUT2D eigenvalue weighted by atomic mass is 16.6. The zero-order valence-electron chi connectivity index (χ0n) is 16.9. The van der Waals surface area contributed by atoms with Gasteiger partial charge in [0.05, 0.1) is 58.4 Å². The van der Waals surface area contributed by atoms with Crippen molar-refractivity contribution in [2.75, 3.05) is 71.4 Å². The zero-order valence-corrected chi connectivity index (χ0v) is 16.9. The average molecular weight is 417 g/mol. The van der Waals surface area contributed by atoms with Crippen molar-refractivity contribution >= 4 is 11.6 Å². The van der Waals surface area contributed by atoms with Crippen LogP contribution in [0.1, 0.15) is 0 Å². The van der Waals surface area contributed by atoms with Gasteiger partial charge >= 0.3 is 0 Å². The van der Waals surface area contributed by atoms with Gasteiger partial charge in [0.15, 0.2) is 11.5 Å². The van der Waals surface area contributed by atoms with Crippen molar-refractivity contribution in [3.05, 3.63) is 47.7 Å². The summed E-state index contributed by atoms with van der Waals surface area (Å²) in [5.41, 5.74) is 3.95. The minimum atomic E-state index is -0.236. The second kappa shape index (κ2) is 12.8. The van der Waals surface area contributed by atoms with Crippen molar-refractivity contribution in [1.29, 1.82) is 0 Å². The molecule has 1 heterocycles. The van der Waals surface area contributed by atoms with E-state index in [1.54, 1.807) is 36.4 Å². The van der Waals surface area contributed by atoms with Gasteiger partial charge in [-0.25, -0.2) is 0 Å².